The molecule has 21 heavy (non-hydrogen) atoms. The van der Waals surface area contributed by atoms with Crippen LogP contribution in [0.15, 0.2) is 53.0 Å². The molecule has 0 bridgehead atoms. The summed E-state index contributed by atoms with van der Waals surface area (Å²) in [5, 5.41) is 3.43. The van der Waals surface area contributed by atoms with Crippen molar-refractivity contribution in [1.82, 2.24) is 5.32 Å². The summed E-state index contributed by atoms with van der Waals surface area (Å²) in [5.41, 5.74) is 2.52. The highest BCUT2D eigenvalue weighted by molar-refractivity contribution is 9.10. The van der Waals surface area contributed by atoms with Gasteiger partial charge in [-0.05, 0) is 71.0 Å². The lowest BCUT2D eigenvalue weighted by atomic mass is 9.92. The second-order valence-electron chi connectivity index (χ2n) is 5.32. The Morgan fingerprint density at radius 2 is 1.76 bits per heavy atom. The molecule has 0 spiro atoms. The van der Waals surface area contributed by atoms with Gasteiger partial charge in [0, 0.05) is 0 Å². The van der Waals surface area contributed by atoms with Gasteiger partial charge in [0.2, 0.25) is 0 Å². The van der Waals surface area contributed by atoms with E-state index in [0.717, 1.165) is 25.9 Å². The lowest BCUT2D eigenvalue weighted by molar-refractivity contribution is 0.477. The van der Waals surface area contributed by atoms with E-state index in [1.807, 2.05) is 18.2 Å². The molecule has 0 amide bonds. The second-order valence-corrected chi connectivity index (χ2v) is 6.17. The number of hydrogen-bond donors (Lipinski definition) is 1. The molecule has 112 valence electrons. The monoisotopic (exact) mass is 349 g/mol. The Labute approximate surface area is 134 Å². The minimum absolute atomic E-state index is 0.204. The minimum atomic E-state index is -0.204. The molecule has 0 fully saturated rings. The predicted octanol–water partition coefficient (Wildman–Crippen LogP) is 4.60. The van der Waals surface area contributed by atoms with E-state index in [4.69, 9.17) is 0 Å². The minimum Gasteiger partial charge on any atom is -0.317 e. The summed E-state index contributed by atoms with van der Waals surface area (Å²) >= 11 is 3.26. The molecule has 0 aromatic heterocycles. The maximum absolute atomic E-state index is 13.3. The zero-order chi connectivity index (χ0) is 15.1. The molecule has 1 atom stereocenters. The lowest BCUT2D eigenvalue weighted by Crippen LogP contribution is -2.25. The highest BCUT2D eigenvalue weighted by Crippen LogP contribution is 2.20. The molecule has 2 rings (SSSR count). The normalized spacial score (nSPS) is 12.3. The molecule has 0 saturated carbocycles. The Bertz CT molecular complexity index is 556. The highest BCUT2D eigenvalue weighted by Gasteiger charge is 2.11. The number of hydrogen-bond acceptors (Lipinski definition) is 1. The van der Waals surface area contributed by atoms with E-state index in [1.54, 1.807) is 0 Å². The molecule has 1 unspecified atom stereocenters. The van der Waals surface area contributed by atoms with E-state index in [-0.39, 0.29) is 5.82 Å². The molecule has 0 aliphatic rings. The van der Waals surface area contributed by atoms with Gasteiger partial charge in [0.25, 0.3) is 0 Å². The number of benzene rings is 2. The van der Waals surface area contributed by atoms with Crippen LogP contribution >= 0.6 is 15.9 Å². The van der Waals surface area contributed by atoms with Gasteiger partial charge in [0.05, 0.1) is 4.47 Å². The van der Waals surface area contributed by atoms with Crippen molar-refractivity contribution in [2.24, 2.45) is 5.92 Å². The Hall–Kier alpha value is -1.19. The molecule has 0 aliphatic carbocycles. The summed E-state index contributed by atoms with van der Waals surface area (Å²) in [5.74, 6) is 0.301. The van der Waals surface area contributed by atoms with Gasteiger partial charge in [-0.3, -0.25) is 0 Å². The lowest BCUT2D eigenvalue weighted by Gasteiger charge is -2.18. The van der Waals surface area contributed by atoms with Gasteiger partial charge < -0.3 is 5.32 Å². The van der Waals surface area contributed by atoms with E-state index in [0.29, 0.717) is 10.4 Å². The second kappa shape index (κ2) is 8.30. The van der Waals surface area contributed by atoms with Gasteiger partial charge in [-0.2, -0.15) is 0 Å². The molecule has 0 aliphatic heterocycles. The predicted molar refractivity (Wildman–Crippen MR) is 90.0 cm³/mol. The maximum Gasteiger partial charge on any atom is 0.137 e. The molecule has 3 heteroatoms. The third-order valence-electron chi connectivity index (χ3n) is 3.56. The molecule has 0 saturated heterocycles. The van der Waals surface area contributed by atoms with Crippen LogP contribution in [-0.4, -0.2) is 13.1 Å². The Morgan fingerprint density at radius 1 is 1.05 bits per heavy atom. The smallest absolute Gasteiger partial charge is 0.137 e. The first-order valence-corrected chi connectivity index (χ1v) is 8.17. The molecule has 0 heterocycles. The van der Waals surface area contributed by atoms with Crippen molar-refractivity contribution in [3.05, 3.63) is 69.9 Å². The van der Waals surface area contributed by atoms with Crippen molar-refractivity contribution in [3.63, 3.8) is 0 Å². The summed E-state index contributed by atoms with van der Waals surface area (Å²) in [6.45, 7) is 4.06. The van der Waals surface area contributed by atoms with Crippen LogP contribution in [0, 0.1) is 11.7 Å². The summed E-state index contributed by atoms with van der Waals surface area (Å²) in [7, 11) is 0. The van der Waals surface area contributed by atoms with Crippen molar-refractivity contribution in [3.8, 4) is 0 Å². The third kappa shape index (κ3) is 5.25. The SMILES string of the molecule is CCNCC(Cc1ccccc1)Cc1ccc(F)c(Br)c1. The van der Waals surface area contributed by atoms with Gasteiger partial charge in [0.15, 0.2) is 0 Å². The van der Waals surface area contributed by atoms with Crippen molar-refractivity contribution in [2.45, 2.75) is 19.8 Å². The van der Waals surface area contributed by atoms with Crippen LogP contribution in [0.25, 0.3) is 0 Å². The molecular formula is C18H21BrFN. The largest absolute Gasteiger partial charge is 0.317 e. The highest BCUT2D eigenvalue weighted by atomic mass is 79.9. The fourth-order valence-electron chi connectivity index (χ4n) is 2.51. The van der Waals surface area contributed by atoms with E-state index in [9.17, 15) is 4.39 Å². The Morgan fingerprint density at radius 3 is 2.43 bits per heavy atom. The van der Waals surface area contributed by atoms with Crippen LogP contribution in [0.3, 0.4) is 0 Å². The van der Waals surface area contributed by atoms with E-state index < -0.39 is 0 Å². The molecular weight excluding hydrogens is 329 g/mol. The molecule has 1 nitrogen and oxygen atoms in total. The van der Waals surface area contributed by atoms with Crippen LogP contribution in [0.2, 0.25) is 0 Å². The molecule has 0 radical (unpaired) electrons. The van der Waals surface area contributed by atoms with Crippen LogP contribution in [-0.2, 0) is 12.8 Å². The van der Waals surface area contributed by atoms with Gasteiger partial charge in [0.1, 0.15) is 5.82 Å². The first-order chi connectivity index (χ1) is 10.2. The van der Waals surface area contributed by atoms with Crippen molar-refractivity contribution in [1.29, 1.82) is 0 Å². The van der Waals surface area contributed by atoms with Crippen LogP contribution < -0.4 is 5.32 Å². The van der Waals surface area contributed by atoms with Crippen molar-refractivity contribution in [2.75, 3.05) is 13.1 Å². The van der Waals surface area contributed by atoms with E-state index in [1.165, 1.54) is 17.2 Å². The van der Waals surface area contributed by atoms with Crippen LogP contribution in [0.4, 0.5) is 4.39 Å². The zero-order valence-electron chi connectivity index (χ0n) is 12.3. The molecule has 2 aromatic carbocycles. The summed E-state index contributed by atoms with van der Waals surface area (Å²) in [6, 6.07) is 15.8. The maximum atomic E-state index is 13.3. The molecule has 1 N–H and O–H groups in total. The van der Waals surface area contributed by atoms with Crippen LogP contribution in [0.1, 0.15) is 18.1 Å². The zero-order valence-corrected chi connectivity index (χ0v) is 13.9. The first-order valence-electron chi connectivity index (χ1n) is 7.37. The summed E-state index contributed by atoms with van der Waals surface area (Å²) < 4.78 is 13.9. The Balaban J connectivity index is 2.06. The molecule has 2 aromatic rings. The fourth-order valence-corrected chi connectivity index (χ4v) is 2.94. The fraction of sp³-hybridized carbons (Fsp3) is 0.333. The van der Waals surface area contributed by atoms with Gasteiger partial charge >= 0.3 is 0 Å². The summed E-state index contributed by atoms with van der Waals surface area (Å²) in [6.07, 6.45) is 1.98. The standard InChI is InChI=1S/C18H21BrFN/c1-2-21-13-16(10-14-6-4-3-5-7-14)11-15-8-9-18(20)17(19)12-15/h3-9,12,16,21H,2,10-11,13H2,1H3. The number of halogens is 2. The number of rotatable bonds is 7. The third-order valence-corrected chi connectivity index (χ3v) is 4.17. The number of nitrogens with one attached hydrogen (secondary N) is 1. The van der Waals surface area contributed by atoms with Gasteiger partial charge in [-0.1, -0.05) is 43.3 Å². The van der Waals surface area contributed by atoms with Crippen molar-refractivity contribution < 1.29 is 4.39 Å². The van der Waals surface area contributed by atoms with Crippen molar-refractivity contribution >= 4 is 15.9 Å². The summed E-state index contributed by atoms with van der Waals surface area (Å²) in [4.78, 5) is 0. The van der Waals surface area contributed by atoms with E-state index in [2.05, 4.69) is 52.4 Å². The average Bonchev–Trinajstić information content (AvgIpc) is 2.49. The quantitative estimate of drug-likeness (QED) is 0.770. The Kier molecular flexibility index (Phi) is 6.40. The van der Waals surface area contributed by atoms with Crippen LogP contribution in [0.5, 0.6) is 0 Å². The first kappa shape index (κ1) is 16.2. The topological polar surface area (TPSA) is 12.0 Å². The van der Waals surface area contributed by atoms with Gasteiger partial charge in [-0.15, -0.1) is 0 Å². The van der Waals surface area contributed by atoms with Gasteiger partial charge in [-0.25, -0.2) is 4.39 Å². The average molecular weight is 350 g/mol. The van der Waals surface area contributed by atoms with E-state index >= 15 is 0 Å².